The van der Waals surface area contributed by atoms with Crippen LogP contribution in [0.4, 0.5) is 17.6 Å². The molecule has 1 heterocycles. The van der Waals surface area contributed by atoms with Crippen LogP contribution < -0.4 is 0 Å². The molecule has 3 rings (SSSR count). The average molecular weight is 329 g/mol. The number of hydrogen-bond donors (Lipinski definition) is 0. The van der Waals surface area contributed by atoms with Crippen molar-refractivity contribution in [3.63, 3.8) is 0 Å². The molecular weight excluding hydrogens is 314 g/mol. The van der Waals surface area contributed by atoms with Gasteiger partial charge in [0.25, 0.3) is 0 Å². The molecule has 0 aliphatic heterocycles. The van der Waals surface area contributed by atoms with Crippen LogP contribution in [-0.4, -0.2) is 27.8 Å². The van der Waals surface area contributed by atoms with Crippen LogP contribution in [0.3, 0.4) is 0 Å². The summed E-state index contributed by atoms with van der Waals surface area (Å²) in [6.45, 7) is -1.19. The molecule has 1 aliphatic carbocycles. The van der Waals surface area contributed by atoms with Crippen molar-refractivity contribution in [3.8, 4) is 0 Å². The molecule has 0 spiro atoms. The van der Waals surface area contributed by atoms with Crippen molar-refractivity contribution in [2.45, 2.75) is 38.0 Å². The Hall–Kier alpha value is -1.96. The predicted molar refractivity (Wildman–Crippen MR) is 72.8 cm³/mol. The summed E-state index contributed by atoms with van der Waals surface area (Å²) < 4.78 is 56.6. The molecule has 0 radical (unpaired) electrons. The monoisotopic (exact) mass is 329 g/mol. The van der Waals surface area contributed by atoms with E-state index in [-0.39, 0.29) is 24.9 Å². The second-order valence-electron chi connectivity index (χ2n) is 5.70. The van der Waals surface area contributed by atoms with Crippen LogP contribution in [-0.2, 0) is 13.1 Å². The van der Waals surface area contributed by atoms with E-state index < -0.39 is 18.5 Å². The van der Waals surface area contributed by atoms with E-state index in [1.807, 2.05) is 0 Å². The van der Waals surface area contributed by atoms with Gasteiger partial charge in [0.15, 0.2) is 0 Å². The number of halogens is 4. The van der Waals surface area contributed by atoms with Gasteiger partial charge in [-0.1, -0.05) is 12.1 Å². The van der Waals surface area contributed by atoms with E-state index in [0.29, 0.717) is 11.5 Å². The number of rotatable bonds is 6. The zero-order chi connectivity index (χ0) is 16.4. The highest BCUT2D eigenvalue weighted by atomic mass is 19.4. The summed E-state index contributed by atoms with van der Waals surface area (Å²) in [6, 6.07) is 5.36. The third kappa shape index (κ3) is 4.75. The zero-order valence-corrected chi connectivity index (χ0v) is 12.2. The second-order valence-corrected chi connectivity index (χ2v) is 5.70. The van der Waals surface area contributed by atoms with E-state index in [0.717, 1.165) is 17.7 Å². The molecule has 8 heteroatoms. The lowest BCUT2D eigenvalue weighted by Gasteiger charge is -2.22. The van der Waals surface area contributed by atoms with Crippen LogP contribution in [0.1, 0.15) is 36.1 Å². The minimum atomic E-state index is -4.35. The first-order chi connectivity index (χ1) is 10.9. The standard InChI is InChI=1S/C15H15F4N3O/c16-12-5-1-10(2-6-12)7-22(9-15(17,18)19)8-13-20-21-14(23-13)11-3-4-11/h1-2,5-6,11H,3-4,7-9H2. The van der Waals surface area contributed by atoms with Crippen LogP contribution in [0.15, 0.2) is 28.7 Å². The van der Waals surface area contributed by atoms with Crippen LogP contribution in [0, 0.1) is 5.82 Å². The zero-order valence-electron chi connectivity index (χ0n) is 12.2. The summed E-state index contributed by atoms with van der Waals surface area (Å²) in [7, 11) is 0. The molecule has 1 aromatic heterocycles. The molecule has 1 fully saturated rings. The predicted octanol–water partition coefficient (Wildman–Crippen LogP) is 3.65. The van der Waals surface area contributed by atoms with Gasteiger partial charge >= 0.3 is 6.18 Å². The number of aromatic nitrogens is 2. The summed E-state index contributed by atoms with van der Waals surface area (Å²) in [4.78, 5) is 1.15. The Kier molecular flexibility index (Phi) is 4.34. The second kappa shape index (κ2) is 6.27. The molecule has 124 valence electrons. The Morgan fingerprint density at radius 1 is 1.09 bits per heavy atom. The maximum Gasteiger partial charge on any atom is 0.401 e. The van der Waals surface area contributed by atoms with Gasteiger partial charge < -0.3 is 4.42 Å². The molecule has 0 amide bonds. The molecule has 0 bridgehead atoms. The van der Waals surface area contributed by atoms with Gasteiger partial charge in [0.1, 0.15) is 5.82 Å². The van der Waals surface area contributed by atoms with Gasteiger partial charge in [-0.15, -0.1) is 10.2 Å². The molecule has 1 saturated carbocycles. The van der Waals surface area contributed by atoms with Gasteiger partial charge in [0.05, 0.1) is 13.1 Å². The van der Waals surface area contributed by atoms with E-state index in [1.54, 1.807) is 0 Å². The molecule has 0 atom stereocenters. The van der Waals surface area contributed by atoms with Crippen molar-refractivity contribution >= 4 is 0 Å². The molecule has 2 aromatic rings. The first-order valence-electron chi connectivity index (χ1n) is 7.25. The summed E-state index contributed by atoms with van der Waals surface area (Å²) in [5, 5.41) is 7.69. The molecular formula is C15H15F4N3O. The SMILES string of the molecule is Fc1ccc(CN(Cc2nnc(C3CC3)o2)CC(F)(F)F)cc1. The molecule has 0 N–H and O–H groups in total. The third-order valence-corrected chi connectivity index (χ3v) is 3.49. The minimum absolute atomic E-state index is 0.0148. The highest BCUT2D eigenvalue weighted by molar-refractivity contribution is 5.16. The van der Waals surface area contributed by atoms with Crippen molar-refractivity contribution in [2.75, 3.05) is 6.54 Å². The molecule has 0 unspecified atom stereocenters. The quantitative estimate of drug-likeness (QED) is 0.759. The number of nitrogens with zero attached hydrogens (tertiary/aromatic N) is 3. The first-order valence-corrected chi connectivity index (χ1v) is 7.25. The molecule has 0 saturated heterocycles. The Morgan fingerprint density at radius 3 is 2.39 bits per heavy atom. The van der Waals surface area contributed by atoms with Crippen LogP contribution in [0.5, 0.6) is 0 Å². The number of benzene rings is 1. The first kappa shape index (κ1) is 15.9. The van der Waals surface area contributed by atoms with E-state index in [2.05, 4.69) is 10.2 Å². The smallest absolute Gasteiger partial charge is 0.401 e. The number of alkyl halides is 3. The lowest BCUT2D eigenvalue weighted by atomic mass is 10.2. The summed E-state index contributed by atoms with van der Waals surface area (Å²) in [6.07, 6.45) is -2.40. The van der Waals surface area contributed by atoms with Gasteiger partial charge in [0, 0.05) is 12.5 Å². The summed E-state index contributed by atoms with van der Waals surface area (Å²) >= 11 is 0. The van der Waals surface area contributed by atoms with Crippen molar-refractivity contribution in [2.24, 2.45) is 0 Å². The topological polar surface area (TPSA) is 42.2 Å². The number of hydrogen-bond acceptors (Lipinski definition) is 4. The fourth-order valence-corrected chi connectivity index (χ4v) is 2.29. The maximum atomic E-state index is 12.9. The summed E-state index contributed by atoms with van der Waals surface area (Å²) in [5.74, 6) is 0.485. The van der Waals surface area contributed by atoms with Gasteiger partial charge in [-0.05, 0) is 30.5 Å². The van der Waals surface area contributed by atoms with Gasteiger partial charge in [-0.3, -0.25) is 4.90 Å². The van der Waals surface area contributed by atoms with Crippen molar-refractivity contribution in [1.82, 2.24) is 15.1 Å². The largest absolute Gasteiger partial charge is 0.424 e. The van der Waals surface area contributed by atoms with Crippen LogP contribution >= 0.6 is 0 Å². The maximum absolute atomic E-state index is 12.9. The van der Waals surface area contributed by atoms with Crippen molar-refractivity contribution < 1.29 is 22.0 Å². The Morgan fingerprint density at radius 2 is 1.78 bits per heavy atom. The molecule has 1 aromatic carbocycles. The fourth-order valence-electron chi connectivity index (χ4n) is 2.29. The highest BCUT2D eigenvalue weighted by Gasteiger charge is 2.33. The fraction of sp³-hybridized carbons (Fsp3) is 0.467. The lowest BCUT2D eigenvalue weighted by Crippen LogP contribution is -2.33. The Labute approximate surface area is 130 Å². The van der Waals surface area contributed by atoms with Gasteiger partial charge in [-0.25, -0.2) is 4.39 Å². The molecule has 4 nitrogen and oxygen atoms in total. The minimum Gasteiger partial charge on any atom is -0.424 e. The average Bonchev–Trinajstić information content (AvgIpc) is 3.20. The highest BCUT2D eigenvalue weighted by Crippen LogP contribution is 2.39. The van der Waals surface area contributed by atoms with E-state index in [1.165, 1.54) is 24.3 Å². The molecule has 23 heavy (non-hydrogen) atoms. The Balaban J connectivity index is 1.69. The van der Waals surface area contributed by atoms with Crippen LogP contribution in [0.2, 0.25) is 0 Å². The Bertz CT molecular complexity index is 649. The van der Waals surface area contributed by atoms with Gasteiger partial charge in [0.2, 0.25) is 11.8 Å². The van der Waals surface area contributed by atoms with Crippen molar-refractivity contribution in [1.29, 1.82) is 0 Å². The van der Waals surface area contributed by atoms with E-state index in [4.69, 9.17) is 4.42 Å². The van der Waals surface area contributed by atoms with E-state index >= 15 is 0 Å². The third-order valence-electron chi connectivity index (χ3n) is 3.49. The van der Waals surface area contributed by atoms with Crippen molar-refractivity contribution in [3.05, 3.63) is 47.4 Å². The van der Waals surface area contributed by atoms with Gasteiger partial charge in [-0.2, -0.15) is 13.2 Å². The van der Waals surface area contributed by atoms with E-state index in [9.17, 15) is 17.6 Å². The molecule has 1 aliphatic rings. The normalized spacial score (nSPS) is 15.3. The lowest BCUT2D eigenvalue weighted by molar-refractivity contribution is -0.149. The summed E-state index contributed by atoms with van der Waals surface area (Å²) in [5.41, 5.74) is 0.581. The van der Waals surface area contributed by atoms with Crippen LogP contribution in [0.25, 0.3) is 0 Å².